The van der Waals surface area contributed by atoms with Gasteiger partial charge in [0.2, 0.25) is 5.91 Å². The van der Waals surface area contributed by atoms with E-state index < -0.39 is 31.3 Å². The summed E-state index contributed by atoms with van der Waals surface area (Å²) in [5.41, 5.74) is 0.786. The molecule has 0 bridgehead atoms. The first kappa shape index (κ1) is 19.6. The molecule has 134 valence electrons. The van der Waals surface area contributed by atoms with E-state index in [-0.39, 0.29) is 6.04 Å². The van der Waals surface area contributed by atoms with Crippen molar-refractivity contribution in [2.45, 2.75) is 26.1 Å². The molecule has 0 spiro atoms. The minimum Gasteiger partial charge on any atom is -0.494 e. The van der Waals surface area contributed by atoms with Gasteiger partial charge in [0.05, 0.1) is 12.6 Å². The van der Waals surface area contributed by atoms with Gasteiger partial charge in [0.15, 0.2) is 6.61 Å². The average Bonchev–Trinajstić information content (AvgIpc) is 2.51. The van der Waals surface area contributed by atoms with Crippen LogP contribution >= 0.6 is 0 Å². The number of halogens is 3. The molecule has 6 nitrogen and oxygen atoms in total. The molecule has 0 radical (unpaired) electrons. The number of amides is 2. The van der Waals surface area contributed by atoms with E-state index in [9.17, 15) is 22.8 Å². The van der Waals surface area contributed by atoms with E-state index in [0.717, 1.165) is 5.56 Å². The number of alkyl halides is 3. The van der Waals surface area contributed by atoms with Crippen molar-refractivity contribution in [2.75, 3.05) is 19.8 Å². The highest BCUT2D eigenvalue weighted by molar-refractivity contribution is 5.82. The molecule has 0 saturated heterocycles. The maximum Gasteiger partial charge on any atom is 0.422 e. The van der Waals surface area contributed by atoms with Gasteiger partial charge in [0.25, 0.3) is 0 Å². The van der Waals surface area contributed by atoms with Crippen molar-refractivity contribution in [3.63, 3.8) is 0 Å². The van der Waals surface area contributed by atoms with Crippen molar-refractivity contribution in [1.82, 2.24) is 10.6 Å². The van der Waals surface area contributed by atoms with Crippen LogP contribution in [-0.2, 0) is 9.53 Å². The molecule has 9 heteroatoms. The summed E-state index contributed by atoms with van der Waals surface area (Å²) in [6.45, 7) is 1.88. The van der Waals surface area contributed by atoms with Gasteiger partial charge in [0, 0.05) is 0 Å². The lowest BCUT2D eigenvalue weighted by Crippen LogP contribution is -2.39. The number of carbonyl (C=O) groups excluding carboxylic acids is 2. The molecule has 2 amide bonds. The quantitative estimate of drug-likeness (QED) is 0.794. The zero-order valence-electron chi connectivity index (χ0n) is 13.3. The molecule has 0 fully saturated rings. The summed E-state index contributed by atoms with van der Waals surface area (Å²) in [6.07, 6.45) is -5.92. The van der Waals surface area contributed by atoms with Crippen LogP contribution in [0.15, 0.2) is 24.3 Å². The van der Waals surface area contributed by atoms with Gasteiger partial charge in [-0.2, -0.15) is 13.2 Å². The minimum absolute atomic E-state index is 0.370. The van der Waals surface area contributed by atoms with E-state index in [1.54, 1.807) is 31.2 Å². The molecule has 0 aliphatic rings. The molecule has 0 aliphatic heterocycles. The van der Waals surface area contributed by atoms with E-state index in [4.69, 9.17) is 4.74 Å². The molecular weight excluding hydrogens is 329 g/mol. The highest BCUT2D eigenvalue weighted by Crippen LogP contribution is 2.19. The van der Waals surface area contributed by atoms with E-state index >= 15 is 0 Å². The monoisotopic (exact) mass is 348 g/mol. The van der Waals surface area contributed by atoms with Crippen molar-refractivity contribution in [3.8, 4) is 5.75 Å². The van der Waals surface area contributed by atoms with Gasteiger partial charge in [-0.05, 0) is 31.5 Å². The van der Waals surface area contributed by atoms with Gasteiger partial charge in [-0.15, -0.1) is 0 Å². The van der Waals surface area contributed by atoms with E-state index in [2.05, 4.69) is 10.1 Å². The Hall–Kier alpha value is -2.45. The maximum absolute atomic E-state index is 11.9. The molecule has 1 atom stereocenters. The third-order valence-corrected chi connectivity index (χ3v) is 2.81. The largest absolute Gasteiger partial charge is 0.494 e. The van der Waals surface area contributed by atoms with Gasteiger partial charge in [-0.3, -0.25) is 4.79 Å². The highest BCUT2D eigenvalue weighted by Gasteiger charge is 2.29. The second kappa shape index (κ2) is 8.99. The van der Waals surface area contributed by atoms with Crippen LogP contribution in [0.1, 0.15) is 25.5 Å². The molecule has 0 heterocycles. The molecule has 1 aromatic rings. The zero-order valence-corrected chi connectivity index (χ0v) is 13.3. The molecule has 0 aromatic heterocycles. The van der Waals surface area contributed by atoms with Crippen LogP contribution in [0.2, 0.25) is 0 Å². The lowest BCUT2D eigenvalue weighted by Gasteiger charge is -2.16. The lowest BCUT2D eigenvalue weighted by molar-refractivity contribution is -0.160. The number of benzene rings is 1. The van der Waals surface area contributed by atoms with Crippen LogP contribution in [-0.4, -0.2) is 37.9 Å². The zero-order chi connectivity index (χ0) is 18.2. The number of alkyl carbamates (subject to hydrolysis) is 1. The number of hydrogen-bond acceptors (Lipinski definition) is 4. The molecule has 1 rings (SSSR count). The smallest absolute Gasteiger partial charge is 0.422 e. The Morgan fingerprint density at radius 2 is 2.00 bits per heavy atom. The number of ether oxygens (including phenoxy) is 2. The van der Waals surface area contributed by atoms with E-state index in [1.165, 1.54) is 0 Å². The first-order valence-corrected chi connectivity index (χ1v) is 7.20. The molecule has 1 aromatic carbocycles. The third kappa shape index (κ3) is 7.70. The third-order valence-electron chi connectivity index (χ3n) is 2.81. The van der Waals surface area contributed by atoms with Crippen molar-refractivity contribution >= 4 is 12.0 Å². The fourth-order valence-corrected chi connectivity index (χ4v) is 1.77. The molecule has 0 aliphatic carbocycles. The SMILES string of the molecule is CCOc1cccc([C@H](C)NC(=O)CNC(=O)OCC(F)(F)F)c1. The Morgan fingerprint density at radius 3 is 2.62 bits per heavy atom. The molecule has 2 N–H and O–H groups in total. The summed E-state index contributed by atoms with van der Waals surface area (Å²) in [4.78, 5) is 22.7. The minimum atomic E-state index is -4.61. The Balaban J connectivity index is 2.41. The fourth-order valence-electron chi connectivity index (χ4n) is 1.77. The van der Waals surface area contributed by atoms with Gasteiger partial charge in [-0.25, -0.2) is 4.79 Å². The van der Waals surface area contributed by atoms with Crippen LogP contribution < -0.4 is 15.4 Å². The first-order chi connectivity index (χ1) is 11.2. The Labute approximate surface area is 137 Å². The molecule has 24 heavy (non-hydrogen) atoms. The second-order valence-corrected chi connectivity index (χ2v) is 4.84. The highest BCUT2D eigenvalue weighted by atomic mass is 19.4. The van der Waals surface area contributed by atoms with E-state index in [1.807, 2.05) is 12.2 Å². The molecule has 0 unspecified atom stereocenters. The van der Waals surface area contributed by atoms with Crippen molar-refractivity contribution in [3.05, 3.63) is 29.8 Å². The van der Waals surface area contributed by atoms with Crippen LogP contribution in [0.3, 0.4) is 0 Å². The average molecular weight is 348 g/mol. The number of nitrogens with one attached hydrogen (secondary N) is 2. The second-order valence-electron chi connectivity index (χ2n) is 4.84. The summed E-state index contributed by atoms with van der Waals surface area (Å²) in [5, 5.41) is 4.55. The van der Waals surface area contributed by atoms with Gasteiger partial charge in [0.1, 0.15) is 12.3 Å². The molecular formula is C15H19F3N2O4. The summed E-state index contributed by atoms with van der Waals surface area (Å²) >= 11 is 0. The Kier molecular flexibility index (Phi) is 7.34. The van der Waals surface area contributed by atoms with Crippen LogP contribution in [0.4, 0.5) is 18.0 Å². The van der Waals surface area contributed by atoms with Crippen LogP contribution in [0.5, 0.6) is 5.75 Å². The fraction of sp³-hybridized carbons (Fsp3) is 0.467. The maximum atomic E-state index is 11.9. The predicted octanol–water partition coefficient (Wildman–Crippen LogP) is 2.55. The van der Waals surface area contributed by atoms with Gasteiger partial charge in [-0.1, -0.05) is 12.1 Å². The number of rotatable bonds is 7. The topological polar surface area (TPSA) is 76.7 Å². The summed E-state index contributed by atoms with van der Waals surface area (Å²) in [7, 11) is 0. The summed E-state index contributed by atoms with van der Waals surface area (Å²) in [5.74, 6) is 0.0956. The van der Waals surface area contributed by atoms with Crippen molar-refractivity contribution in [1.29, 1.82) is 0 Å². The normalized spacial score (nSPS) is 12.2. The van der Waals surface area contributed by atoms with E-state index in [0.29, 0.717) is 12.4 Å². The van der Waals surface area contributed by atoms with Gasteiger partial charge >= 0.3 is 12.3 Å². The Bertz CT molecular complexity index is 564. The van der Waals surface area contributed by atoms with Crippen molar-refractivity contribution < 1.29 is 32.2 Å². The number of carbonyl (C=O) groups is 2. The van der Waals surface area contributed by atoms with Crippen molar-refractivity contribution in [2.24, 2.45) is 0 Å². The number of hydrogen-bond donors (Lipinski definition) is 2. The standard InChI is InChI=1S/C15H19F3N2O4/c1-3-23-12-6-4-5-11(7-12)10(2)20-13(21)8-19-14(22)24-9-15(16,17)18/h4-7,10H,3,8-9H2,1-2H3,(H,19,22)(H,20,21)/t10-/m0/s1. The van der Waals surface area contributed by atoms with Crippen LogP contribution in [0, 0.1) is 0 Å². The lowest BCUT2D eigenvalue weighted by atomic mass is 10.1. The first-order valence-electron chi connectivity index (χ1n) is 7.20. The Morgan fingerprint density at radius 1 is 1.29 bits per heavy atom. The summed E-state index contributed by atoms with van der Waals surface area (Å²) in [6, 6.07) is 6.74. The molecule has 0 saturated carbocycles. The van der Waals surface area contributed by atoms with Gasteiger partial charge < -0.3 is 20.1 Å². The van der Waals surface area contributed by atoms with Crippen LogP contribution in [0.25, 0.3) is 0 Å². The predicted molar refractivity (Wildman–Crippen MR) is 79.6 cm³/mol. The summed E-state index contributed by atoms with van der Waals surface area (Å²) < 4.78 is 44.9.